The molecule has 2 rings (SSSR count). The fraction of sp³-hybridized carbons (Fsp3) is 0.714. The summed E-state index contributed by atoms with van der Waals surface area (Å²) in [6.07, 6.45) is 4.01. The number of piperidine rings is 1. The van der Waals surface area contributed by atoms with Gasteiger partial charge in [-0.1, -0.05) is 6.42 Å². The Morgan fingerprint density at radius 3 is 2.74 bits per heavy atom. The van der Waals surface area contributed by atoms with E-state index in [4.69, 9.17) is 4.74 Å². The van der Waals surface area contributed by atoms with Crippen LogP contribution in [0, 0.1) is 6.92 Å². The Morgan fingerprint density at radius 2 is 2.05 bits per heavy atom. The smallest absolute Gasteiger partial charge is 0.226 e. The summed E-state index contributed by atoms with van der Waals surface area (Å²) in [6, 6.07) is 2.34. The van der Waals surface area contributed by atoms with E-state index in [0.29, 0.717) is 17.9 Å². The van der Waals surface area contributed by atoms with Crippen molar-refractivity contribution in [2.24, 2.45) is 0 Å². The predicted molar refractivity (Wildman–Crippen MR) is 76.7 cm³/mol. The lowest BCUT2D eigenvalue weighted by atomic mass is 10.1. The van der Waals surface area contributed by atoms with Crippen LogP contribution in [-0.4, -0.2) is 47.7 Å². The topological polar surface area (TPSA) is 50.3 Å². The van der Waals surface area contributed by atoms with Gasteiger partial charge >= 0.3 is 0 Å². The molecule has 1 fully saturated rings. The number of hydrogen-bond donors (Lipinski definition) is 1. The summed E-state index contributed by atoms with van der Waals surface area (Å²) in [5, 5.41) is 3.31. The van der Waals surface area contributed by atoms with E-state index in [1.165, 1.54) is 32.4 Å². The maximum absolute atomic E-state index is 5.16. The van der Waals surface area contributed by atoms with Crippen LogP contribution in [0.3, 0.4) is 0 Å². The molecule has 0 bridgehead atoms. The molecule has 0 radical (unpaired) electrons. The summed E-state index contributed by atoms with van der Waals surface area (Å²) < 4.78 is 5.16. The molecule has 19 heavy (non-hydrogen) atoms. The molecule has 0 saturated carbocycles. The molecule has 0 amide bonds. The first kappa shape index (κ1) is 14.1. The molecule has 5 heteroatoms. The number of hydrogen-bond acceptors (Lipinski definition) is 5. The van der Waals surface area contributed by atoms with Crippen LogP contribution in [0.5, 0.6) is 5.88 Å². The van der Waals surface area contributed by atoms with Crippen molar-refractivity contribution >= 4 is 5.95 Å². The molecule has 5 nitrogen and oxygen atoms in total. The Kier molecular flexibility index (Phi) is 4.96. The molecule has 1 atom stereocenters. The van der Waals surface area contributed by atoms with Gasteiger partial charge in [-0.3, -0.25) is 4.90 Å². The molecule has 1 unspecified atom stereocenters. The SMILES string of the molecule is COc1cc(C)nc(NCC(C)N2CCCCC2)n1. The van der Waals surface area contributed by atoms with Crippen LogP contribution < -0.4 is 10.1 Å². The average Bonchev–Trinajstić information content (AvgIpc) is 2.45. The van der Waals surface area contributed by atoms with Crippen LogP contribution in [0.2, 0.25) is 0 Å². The summed E-state index contributed by atoms with van der Waals surface area (Å²) >= 11 is 0. The molecule has 2 heterocycles. The van der Waals surface area contributed by atoms with Crippen LogP contribution >= 0.6 is 0 Å². The lowest BCUT2D eigenvalue weighted by molar-refractivity contribution is 0.180. The third kappa shape index (κ3) is 4.06. The van der Waals surface area contributed by atoms with Crippen molar-refractivity contribution in [3.05, 3.63) is 11.8 Å². The summed E-state index contributed by atoms with van der Waals surface area (Å²) in [5.41, 5.74) is 0.917. The Morgan fingerprint density at radius 1 is 1.32 bits per heavy atom. The molecule has 1 N–H and O–H groups in total. The van der Waals surface area contributed by atoms with Gasteiger partial charge < -0.3 is 10.1 Å². The number of nitrogens with one attached hydrogen (secondary N) is 1. The lowest BCUT2D eigenvalue weighted by Crippen LogP contribution is -2.41. The fourth-order valence-corrected chi connectivity index (χ4v) is 2.45. The van der Waals surface area contributed by atoms with Crippen LogP contribution in [0.15, 0.2) is 6.07 Å². The minimum absolute atomic E-state index is 0.510. The quantitative estimate of drug-likeness (QED) is 0.882. The fourth-order valence-electron chi connectivity index (χ4n) is 2.45. The minimum Gasteiger partial charge on any atom is -0.481 e. The highest BCUT2D eigenvalue weighted by Crippen LogP contribution is 2.14. The van der Waals surface area contributed by atoms with Gasteiger partial charge in [0.05, 0.1) is 7.11 Å². The summed E-state index contributed by atoms with van der Waals surface area (Å²) in [7, 11) is 1.63. The predicted octanol–water partition coefficient (Wildman–Crippen LogP) is 2.08. The third-order valence-corrected chi connectivity index (χ3v) is 3.61. The zero-order valence-electron chi connectivity index (χ0n) is 12.1. The number of anilines is 1. The first-order chi connectivity index (χ1) is 9.19. The van der Waals surface area contributed by atoms with Crippen molar-refractivity contribution in [2.45, 2.75) is 39.2 Å². The molecular weight excluding hydrogens is 240 g/mol. The second kappa shape index (κ2) is 6.70. The van der Waals surface area contributed by atoms with Gasteiger partial charge in [-0.05, 0) is 39.8 Å². The van der Waals surface area contributed by atoms with Gasteiger partial charge in [0, 0.05) is 24.3 Å². The van der Waals surface area contributed by atoms with Gasteiger partial charge in [0.15, 0.2) is 0 Å². The largest absolute Gasteiger partial charge is 0.481 e. The van der Waals surface area contributed by atoms with Gasteiger partial charge in [0.2, 0.25) is 11.8 Å². The second-order valence-corrected chi connectivity index (χ2v) is 5.20. The highest BCUT2D eigenvalue weighted by molar-refractivity contribution is 5.30. The third-order valence-electron chi connectivity index (χ3n) is 3.61. The van der Waals surface area contributed by atoms with Gasteiger partial charge in [-0.25, -0.2) is 4.98 Å². The van der Waals surface area contributed by atoms with Gasteiger partial charge in [0.1, 0.15) is 0 Å². The molecule has 1 saturated heterocycles. The number of methoxy groups -OCH3 is 1. The molecule has 106 valence electrons. The molecule has 1 aliphatic heterocycles. The van der Waals surface area contributed by atoms with Crippen molar-refractivity contribution in [1.29, 1.82) is 0 Å². The second-order valence-electron chi connectivity index (χ2n) is 5.20. The lowest BCUT2D eigenvalue weighted by Gasteiger charge is -2.32. The zero-order chi connectivity index (χ0) is 13.7. The van der Waals surface area contributed by atoms with Crippen LogP contribution in [0.1, 0.15) is 31.9 Å². The Balaban J connectivity index is 1.88. The van der Waals surface area contributed by atoms with Crippen molar-refractivity contribution in [2.75, 3.05) is 32.1 Å². The number of ether oxygens (including phenoxy) is 1. The maximum atomic E-state index is 5.16. The average molecular weight is 264 g/mol. The molecule has 1 aliphatic rings. The zero-order valence-corrected chi connectivity index (χ0v) is 12.1. The molecule has 0 aromatic carbocycles. The highest BCUT2D eigenvalue weighted by atomic mass is 16.5. The van der Waals surface area contributed by atoms with Gasteiger partial charge in [-0.2, -0.15) is 4.98 Å². The Hall–Kier alpha value is -1.36. The van der Waals surface area contributed by atoms with Crippen molar-refractivity contribution in [3.8, 4) is 5.88 Å². The number of nitrogens with zero attached hydrogens (tertiary/aromatic N) is 3. The van der Waals surface area contributed by atoms with Gasteiger partial charge in [-0.15, -0.1) is 0 Å². The minimum atomic E-state index is 0.510. The first-order valence-corrected chi connectivity index (χ1v) is 7.06. The molecule has 0 aliphatic carbocycles. The van der Waals surface area contributed by atoms with Crippen molar-refractivity contribution in [1.82, 2.24) is 14.9 Å². The van der Waals surface area contributed by atoms with Gasteiger partial charge in [0.25, 0.3) is 0 Å². The summed E-state index contributed by atoms with van der Waals surface area (Å²) in [6.45, 7) is 7.49. The van der Waals surface area contributed by atoms with E-state index in [2.05, 4.69) is 27.1 Å². The van der Waals surface area contributed by atoms with Crippen molar-refractivity contribution in [3.63, 3.8) is 0 Å². The van der Waals surface area contributed by atoms with E-state index in [-0.39, 0.29) is 0 Å². The van der Waals surface area contributed by atoms with E-state index >= 15 is 0 Å². The molecule has 1 aromatic rings. The molecular formula is C14H24N4O. The maximum Gasteiger partial charge on any atom is 0.226 e. The first-order valence-electron chi connectivity index (χ1n) is 7.06. The Labute approximate surface area is 115 Å². The monoisotopic (exact) mass is 264 g/mol. The molecule has 1 aromatic heterocycles. The van der Waals surface area contributed by atoms with E-state index in [1.807, 2.05) is 13.0 Å². The van der Waals surface area contributed by atoms with Crippen LogP contribution in [0.4, 0.5) is 5.95 Å². The Bertz CT molecular complexity index is 404. The summed E-state index contributed by atoms with van der Waals surface area (Å²) in [5.74, 6) is 1.27. The van der Waals surface area contributed by atoms with Crippen molar-refractivity contribution < 1.29 is 4.74 Å². The number of aryl methyl sites for hydroxylation is 1. The van der Waals surface area contributed by atoms with E-state index in [0.717, 1.165) is 12.2 Å². The highest BCUT2D eigenvalue weighted by Gasteiger charge is 2.16. The van der Waals surface area contributed by atoms with Crippen LogP contribution in [0.25, 0.3) is 0 Å². The normalized spacial score (nSPS) is 18.1. The molecule has 0 spiro atoms. The number of aromatic nitrogens is 2. The van der Waals surface area contributed by atoms with E-state index in [1.54, 1.807) is 7.11 Å². The number of likely N-dealkylation sites (tertiary alicyclic amines) is 1. The van der Waals surface area contributed by atoms with E-state index in [9.17, 15) is 0 Å². The summed E-state index contributed by atoms with van der Waals surface area (Å²) in [4.78, 5) is 11.2. The standard InChI is InChI=1S/C14H24N4O/c1-11-9-13(19-3)17-14(16-11)15-10-12(2)18-7-5-4-6-8-18/h9,12H,4-8,10H2,1-3H3,(H,15,16,17). The van der Waals surface area contributed by atoms with Crippen LogP contribution in [-0.2, 0) is 0 Å². The van der Waals surface area contributed by atoms with E-state index < -0.39 is 0 Å². The number of rotatable bonds is 5.